The van der Waals surface area contributed by atoms with Gasteiger partial charge >= 0.3 is 6.09 Å². The van der Waals surface area contributed by atoms with E-state index in [2.05, 4.69) is 5.32 Å². The van der Waals surface area contributed by atoms with Crippen LogP contribution in [-0.4, -0.2) is 47.0 Å². The molecule has 1 heterocycles. The van der Waals surface area contributed by atoms with E-state index < -0.39 is 17.4 Å². The summed E-state index contributed by atoms with van der Waals surface area (Å²) in [4.78, 5) is 25.3. The molecular formula is C17H24N2O5. The number of amides is 2. The van der Waals surface area contributed by atoms with E-state index in [4.69, 9.17) is 9.47 Å². The number of carbonyl (C=O) groups is 2. The molecule has 2 rings (SSSR count). The summed E-state index contributed by atoms with van der Waals surface area (Å²) in [7, 11) is 1.55. The summed E-state index contributed by atoms with van der Waals surface area (Å²) in [5, 5.41) is 13.4. The van der Waals surface area contributed by atoms with E-state index in [1.807, 2.05) is 6.92 Å². The molecule has 0 unspecified atom stereocenters. The number of cyclic esters (lactones) is 1. The monoisotopic (exact) mass is 336 g/mol. The zero-order valence-electron chi connectivity index (χ0n) is 14.5. The quantitative estimate of drug-likeness (QED) is 0.832. The SMILES string of the molecule is CC[C@]1(C)OC(=O)N(CCC(=O)Nc2cccc(OC)c2)[C@]1(C)O. The lowest BCUT2D eigenvalue weighted by Crippen LogP contribution is -2.55. The Morgan fingerprint density at radius 2 is 2.12 bits per heavy atom. The number of nitrogens with one attached hydrogen (secondary N) is 1. The van der Waals surface area contributed by atoms with Gasteiger partial charge in [-0.1, -0.05) is 13.0 Å². The first-order valence-electron chi connectivity index (χ1n) is 7.90. The molecule has 0 aromatic heterocycles. The Balaban J connectivity index is 1.97. The highest BCUT2D eigenvalue weighted by Gasteiger charge is 2.58. The number of aliphatic hydroxyl groups is 1. The lowest BCUT2D eigenvalue weighted by atomic mass is 9.91. The normalized spacial score (nSPS) is 26.2. The van der Waals surface area contributed by atoms with Crippen molar-refractivity contribution < 1.29 is 24.2 Å². The van der Waals surface area contributed by atoms with Crippen LogP contribution >= 0.6 is 0 Å². The van der Waals surface area contributed by atoms with Gasteiger partial charge in [-0.15, -0.1) is 0 Å². The van der Waals surface area contributed by atoms with Crippen LogP contribution in [0.1, 0.15) is 33.6 Å². The van der Waals surface area contributed by atoms with Gasteiger partial charge in [-0.05, 0) is 32.4 Å². The Kier molecular flexibility index (Phi) is 5.03. The summed E-state index contributed by atoms with van der Waals surface area (Å²) in [5.74, 6) is 0.370. The van der Waals surface area contributed by atoms with E-state index in [0.717, 1.165) is 0 Å². The van der Waals surface area contributed by atoms with E-state index in [0.29, 0.717) is 17.9 Å². The summed E-state index contributed by atoms with van der Waals surface area (Å²) >= 11 is 0. The second-order valence-electron chi connectivity index (χ2n) is 6.15. The Hall–Kier alpha value is -2.28. The second-order valence-corrected chi connectivity index (χ2v) is 6.15. The second kappa shape index (κ2) is 6.68. The van der Waals surface area contributed by atoms with E-state index in [1.54, 1.807) is 38.3 Å². The zero-order chi connectivity index (χ0) is 18.0. The largest absolute Gasteiger partial charge is 0.497 e. The van der Waals surface area contributed by atoms with E-state index in [1.165, 1.54) is 11.8 Å². The average Bonchev–Trinajstić information content (AvgIpc) is 2.71. The molecule has 132 valence electrons. The maximum Gasteiger partial charge on any atom is 0.412 e. The highest BCUT2D eigenvalue weighted by Crippen LogP contribution is 2.39. The molecule has 0 aliphatic carbocycles. The molecular weight excluding hydrogens is 312 g/mol. The van der Waals surface area contributed by atoms with Crippen molar-refractivity contribution >= 4 is 17.7 Å². The fourth-order valence-electron chi connectivity index (χ4n) is 2.66. The molecule has 7 heteroatoms. The van der Waals surface area contributed by atoms with Crippen molar-refractivity contribution in [3.8, 4) is 5.75 Å². The fourth-order valence-corrected chi connectivity index (χ4v) is 2.66. The lowest BCUT2D eigenvalue weighted by molar-refractivity contribution is -0.139. The number of methoxy groups -OCH3 is 1. The van der Waals surface area contributed by atoms with Crippen molar-refractivity contribution in [2.24, 2.45) is 0 Å². The van der Waals surface area contributed by atoms with Crippen LogP contribution in [-0.2, 0) is 9.53 Å². The molecule has 1 aromatic rings. The van der Waals surface area contributed by atoms with Gasteiger partial charge in [0.05, 0.1) is 7.11 Å². The van der Waals surface area contributed by atoms with Crippen LogP contribution in [0.4, 0.5) is 10.5 Å². The molecule has 7 nitrogen and oxygen atoms in total. The van der Waals surface area contributed by atoms with Gasteiger partial charge in [0.1, 0.15) is 5.75 Å². The van der Waals surface area contributed by atoms with Crippen LogP contribution in [0.5, 0.6) is 5.75 Å². The van der Waals surface area contributed by atoms with Gasteiger partial charge in [0.25, 0.3) is 0 Å². The molecule has 0 spiro atoms. The predicted molar refractivity (Wildman–Crippen MR) is 88.7 cm³/mol. The third-order valence-electron chi connectivity index (χ3n) is 4.65. The number of anilines is 1. The van der Waals surface area contributed by atoms with E-state index in [-0.39, 0.29) is 18.9 Å². The Bertz CT molecular complexity index is 631. The maximum absolute atomic E-state index is 12.1. The number of hydrogen-bond donors (Lipinski definition) is 2. The minimum Gasteiger partial charge on any atom is -0.497 e. The topological polar surface area (TPSA) is 88.1 Å². The van der Waals surface area contributed by atoms with Crippen LogP contribution in [0, 0.1) is 0 Å². The summed E-state index contributed by atoms with van der Waals surface area (Å²) in [5.41, 5.74) is -1.85. The highest BCUT2D eigenvalue weighted by molar-refractivity contribution is 5.91. The molecule has 2 atom stereocenters. The van der Waals surface area contributed by atoms with Gasteiger partial charge in [0.2, 0.25) is 5.91 Å². The minimum absolute atomic E-state index is 0.0439. The van der Waals surface area contributed by atoms with Crippen LogP contribution in [0.15, 0.2) is 24.3 Å². The van der Waals surface area contributed by atoms with Gasteiger partial charge in [-0.3, -0.25) is 9.69 Å². The Morgan fingerprint density at radius 1 is 1.42 bits per heavy atom. The molecule has 2 N–H and O–H groups in total. The standard InChI is InChI=1S/C17H24N2O5/c1-5-16(2)17(3,22)19(15(21)24-16)10-9-14(20)18-12-7-6-8-13(11-12)23-4/h6-8,11,22H,5,9-10H2,1-4H3,(H,18,20)/t16-,17+/m0/s1. The number of carbonyl (C=O) groups excluding carboxylic acids is 2. The van der Waals surface area contributed by atoms with Crippen molar-refractivity contribution in [3.63, 3.8) is 0 Å². The smallest absolute Gasteiger partial charge is 0.412 e. The van der Waals surface area contributed by atoms with Crippen LogP contribution in [0.25, 0.3) is 0 Å². The first-order valence-corrected chi connectivity index (χ1v) is 7.90. The maximum atomic E-state index is 12.1. The fraction of sp³-hybridized carbons (Fsp3) is 0.529. The predicted octanol–water partition coefficient (Wildman–Crippen LogP) is 2.35. The summed E-state index contributed by atoms with van der Waals surface area (Å²) in [6.07, 6.45) is -0.0981. The minimum atomic E-state index is -1.46. The zero-order valence-corrected chi connectivity index (χ0v) is 14.5. The van der Waals surface area contributed by atoms with Crippen LogP contribution in [0.3, 0.4) is 0 Å². The Labute approximate surface area is 141 Å². The van der Waals surface area contributed by atoms with Gasteiger partial charge in [-0.2, -0.15) is 0 Å². The lowest BCUT2D eigenvalue weighted by Gasteiger charge is -2.36. The number of ether oxygens (including phenoxy) is 2. The number of rotatable bonds is 6. The van der Waals surface area contributed by atoms with E-state index in [9.17, 15) is 14.7 Å². The van der Waals surface area contributed by atoms with Crippen LogP contribution in [0.2, 0.25) is 0 Å². The van der Waals surface area contributed by atoms with Crippen molar-refractivity contribution in [2.45, 2.75) is 44.9 Å². The average molecular weight is 336 g/mol. The van der Waals surface area contributed by atoms with Crippen molar-refractivity contribution in [1.29, 1.82) is 0 Å². The summed E-state index contributed by atoms with van der Waals surface area (Å²) < 4.78 is 10.4. The van der Waals surface area contributed by atoms with Gasteiger partial charge in [-0.25, -0.2) is 4.79 Å². The number of nitrogens with zero attached hydrogens (tertiary/aromatic N) is 1. The first-order chi connectivity index (χ1) is 11.2. The highest BCUT2D eigenvalue weighted by atomic mass is 16.6. The summed E-state index contributed by atoms with van der Waals surface area (Å²) in [6.45, 7) is 5.11. The molecule has 1 fully saturated rings. The van der Waals surface area contributed by atoms with Crippen LogP contribution < -0.4 is 10.1 Å². The molecule has 0 saturated carbocycles. The number of hydrogen-bond acceptors (Lipinski definition) is 5. The molecule has 0 radical (unpaired) electrons. The van der Waals surface area contributed by atoms with Crippen molar-refractivity contribution in [1.82, 2.24) is 4.90 Å². The Morgan fingerprint density at radius 3 is 2.71 bits per heavy atom. The molecule has 1 saturated heterocycles. The van der Waals surface area contributed by atoms with Crippen molar-refractivity contribution in [2.75, 3.05) is 19.0 Å². The molecule has 1 aliphatic rings. The van der Waals surface area contributed by atoms with Gasteiger partial charge < -0.3 is 19.9 Å². The molecule has 1 aliphatic heterocycles. The third-order valence-corrected chi connectivity index (χ3v) is 4.65. The third kappa shape index (κ3) is 3.31. The van der Waals surface area contributed by atoms with Gasteiger partial charge in [0, 0.05) is 24.7 Å². The van der Waals surface area contributed by atoms with Crippen molar-refractivity contribution in [3.05, 3.63) is 24.3 Å². The number of benzene rings is 1. The summed E-state index contributed by atoms with van der Waals surface area (Å²) in [6, 6.07) is 6.99. The molecule has 2 amide bonds. The molecule has 0 bridgehead atoms. The molecule has 24 heavy (non-hydrogen) atoms. The van der Waals surface area contributed by atoms with Gasteiger partial charge in [0.15, 0.2) is 11.3 Å². The van der Waals surface area contributed by atoms with E-state index >= 15 is 0 Å². The molecule has 1 aromatic carbocycles. The first kappa shape index (κ1) is 18.1.